The third-order valence-corrected chi connectivity index (χ3v) is 3.95. The average molecular weight is 209 g/mol. The Hall–Kier alpha value is -0.340. The van der Waals surface area contributed by atoms with Crippen LogP contribution in [0.3, 0.4) is 0 Å². The Morgan fingerprint density at radius 3 is 2.87 bits per heavy atom. The average Bonchev–Trinajstić information content (AvgIpc) is 2.58. The van der Waals surface area contributed by atoms with Gasteiger partial charge in [0, 0.05) is 30.5 Å². The van der Waals surface area contributed by atoms with Crippen LogP contribution in [0.15, 0.2) is 11.6 Å². The van der Waals surface area contributed by atoms with Crippen LogP contribution in [0, 0.1) is 11.3 Å². The summed E-state index contributed by atoms with van der Waals surface area (Å²) in [5.74, 6) is 0.755. The smallest absolute Gasteiger partial charge is 0.0685 e. The van der Waals surface area contributed by atoms with Gasteiger partial charge in [0.2, 0.25) is 0 Å². The number of ether oxygens (including phenoxy) is 1. The summed E-state index contributed by atoms with van der Waals surface area (Å²) < 4.78 is 5.77. The highest BCUT2D eigenvalue weighted by Gasteiger charge is 2.58. The number of hydrogen-bond donors (Lipinski definition) is 1. The Balaban J connectivity index is 1.90. The highest BCUT2D eigenvalue weighted by molar-refractivity contribution is 5.12. The molecule has 0 spiro atoms. The van der Waals surface area contributed by atoms with Crippen molar-refractivity contribution in [3.63, 3.8) is 0 Å². The predicted octanol–water partition coefficient (Wildman–Crippen LogP) is 2.36. The van der Waals surface area contributed by atoms with Gasteiger partial charge in [0.25, 0.3) is 0 Å². The van der Waals surface area contributed by atoms with Gasteiger partial charge in [-0.25, -0.2) is 0 Å². The lowest BCUT2D eigenvalue weighted by Gasteiger charge is -2.54. The van der Waals surface area contributed by atoms with Gasteiger partial charge in [0.05, 0.1) is 6.10 Å². The quantitative estimate of drug-likeness (QED) is 0.720. The van der Waals surface area contributed by atoms with E-state index < -0.39 is 0 Å². The molecule has 0 bridgehead atoms. The number of rotatable bonds is 3. The van der Waals surface area contributed by atoms with Crippen molar-refractivity contribution in [2.45, 2.75) is 46.3 Å². The first-order chi connectivity index (χ1) is 7.03. The molecule has 1 saturated heterocycles. The van der Waals surface area contributed by atoms with Crippen molar-refractivity contribution in [1.29, 1.82) is 0 Å². The lowest BCUT2D eigenvalue weighted by atomic mass is 9.57. The zero-order valence-electron chi connectivity index (χ0n) is 10.3. The first kappa shape index (κ1) is 11.2. The molecule has 0 radical (unpaired) electrons. The van der Waals surface area contributed by atoms with Crippen LogP contribution in [0.2, 0.25) is 0 Å². The lowest BCUT2D eigenvalue weighted by molar-refractivity contribution is -0.111. The minimum Gasteiger partial charge on any atom is -0.377 e. The van der Waals surface area contributed by atoms with Crippen molar-refractivity contribution in [2.75, 3.05) is 13.2 Å². The molecule has 3 atom stereocenters. The molecule has 2 fully saturated rings. The molecule has 2 nitrogen and oxygen atoms in total. The summed E-state index contributed by atoms with van der Waals surface area (Å²) in [6.07, 6.45) is 4.00. The molecule has 2 aliphatic rings. The van der Waals surface area contributed by atoms with Crippen LogP contribution >= 0.6 is 0 Å². The standard InChI is InChI=1S/C13H23NO/c1-9(2)5-7-14-11-10-6-8-15-12(10)13(11,3)4/h5,10-12,14H,6-8H2,1-4H3. The second-order valence-corrected chi connectivity index (χ2v) is 5.73. The minimum absolute atomic E-state index is 0.316. The van der Waals surface area contributed by atoms with Crippen molar-refractivity contribution in [1.82, 2.24) is 5.32 Å². The number of allylic oxidation sites excluding steroid dienone is 1. The zero-order valence-corrected chi connectivity index (χ0v) is 10.3. The molecule has 0 aromatic rings. The van der Waals surface area contributed by atoms with E-state index in [0.717, 1.165) is 19.1 Å². The Kier molecular flexibility index (Phi) is 2.91. The van der Waals surface area contributed by atoms with E-state index in [-0.39, 0.29) is 0 Å². The third kappa shape index (κ3) is 1.85. The molecule has 1 saturated carbocycles. The van der Waals surface area contributed by atoms with Gasteiger partial charge in [0.15, 0.2) is 0 Å². The molecule has 1 aliphatic carbocycles. The SMILES string of the molecule is CC(C)=CCNC1C2CCOC2C1(C)C. The summed E-state index contributed by atoms with van der Waals surface area (Å²) in [6, 6.07) is 0.639. The summed E-state index contributed by atoms with van der Waals surface area (Å²) in [6.45, 7) is 10.9. The Bertz CT molecular complexity index is 266. The van der Waals surface area contributed by atoms with E-state index in [1.54, 1.807) is 0 Å². The molecule has 1 heterocycles. The fraction of sp³-hybridized carbons (Fsp3) is 0.846. The fourth-order valence-corrected chi connectivity index (χ4v) is 3.13. The Morgan fingerprint density at radius 2 is 2.20 bits per heavy atom. The zero-order chi connectivity index (χ0) is 11.1. The van der Waals surface area contributed by atoms with Crippen LogP contribution in [0.1, 0.15) is 34.1 Å². The normalized spacial score (nSPS) is 36.9. The van der Waals surface area contributed by atoms with Crippen molar-refractivity contribution in [2.24, 2.45) is 11.3 Å². The van der Waals surface area contributed by atoms with E-state index in [0.29, 0.717) is 17.6 Å². The molecule has 1 N–H and O–H groups in total. The van der Waals surface area contributed by atoms with Gasteiger partial charge >= 0.3 is 0 Å². The summed E-state index contributed by atoms with van der Waals surface area (Å²) in [5.41, 5.74) is 1.70. The number of nitrogens with one attached hydrogen (secondary N) is 1. The molecule has 15 heavy (non-hydrogen) atoms. The molecule has 2 rings (SSSR count). The van der Waals surface area contributed by atoms with Gasteiger partial charge in [-0.1, -0.05) is 25.5 Å². The molecule has 86 valence electrons. The van der Waals surface area contributed by atoms with Gasteiger partial charge in [0.1, 0.15) is 0 Å². The monoisotopic (exact) mass is 209 g/mol. The van der Waals surface area contributed by atoms with Gasteiger partial charge in [-0.2, -0.15) is 0 Å². The summed E-state index contributed by atoms with van der Waals surface area (Å²) >= 11 is 0. The van der Waals surface area contributed by atoms with E-state index in [2.05, 4.69) is 39.1 Å². The van der Waals surface area contributed by atoms with Gasteiger partial charge in [-0.3, -0.25) is 0 Å². The number of hydrogen-bond acceptors (Lipinski definition) is 2. The third-order valence-electron chi connectivity index (χ3n) is 3.95. The minimum atomic E-state index is 0.316. The fourth-order valence-electron chi connectivity index (χ4n) is 3.13. The molecular weight excluding hydrogens is 186 g/mol. The largest absolute Gasteiger partial charge is 0.377 e. The Labute approximate surface area is 93.1 Å². The van der Waals surface area contributed by atoms with Crippen molar-refractivity contribution in [3.05, 3.63) is 11.6 Å². The maximum atomic E-state index is 5.77. The highest BCUT2D eigenvalue weighted by Crippen LogP contribution is 2.51. The summed E-state index contributed by atoms with van der Waals surface area (Å²) in [4.78, 5) is 0. The maximum Gasteiger partial charge on any atom is 0.0685 e. The van der Waals surface area contributed by atoms with Gasteiger partial charge in [-0.05, 0) is 20.3 Å². The van der Waals surface area contributed by atoms with E-state index in [9.17, 15) is 0 Å². The van der Waals surface area contributed by atoms with Crippen LogP contribution in [-0.2, 0) is 4.74 Å². The van der Waals surface area contributed by atoms with Crippen molar-refractivity contribution in [3.8, 4) is 0 Å². The van der Waals surface area contributed by atoms with Crippen molar-refractivity contribution >= 4 is 0 Å². The van der Waals surface area contributed by atoms with Gasteiger partial charge in [-0.15, -0.1) is 0 Å². The number of fused-ring (bicyclic) bond motifs is 1. The molecule has 0 aromatic heterocycles. The molecule has 2 heteroatoms. The van der Waals surface area contributed by atoms with E-state index in [1.165, 1.54) is 12.0 Å². The van der Waals surface area contributed by atoms with Gasteiger partial charge < -0.3 is 10.1 Å². The maximum absolute atomic E-state index is 5.77. The summed E-state index contributed by atoms with van der Waals surface area (Å²) in [5, 5.41) is 3.66. The van der Waals surface area contributed by atoms with Crippen LogP contribution in [0.5, 0.6) is 0 Å². The second-order valence-electron chi connectivity index (χ2n) is 5.73. The lowest BCUT2D eigenvalue weighted by Crippen LogP contribution is -2.65. The first-order valence-electron chi connectivity index (χ1n) is 6.02. The Morgan fingerprint density at radius 1 is 1.47 bits per heavy atom. The second kappa shape index (κ2) is 3.91. The van der Waals surface area contributed by atoms with E-state index in [1.807, 2.05) is 0 Å². The van der Waals surface area contributed by atoms with Crippen LogP contribution in [-0.4, -0.2) is 25.3 Å². The van der Waals surface area contributed by atoms with Crippen molar-refractivity contribution < 1.29 is 4.74 Å². The topological polar surface area (TPSA) is 21.3 Å². The molecular formula is C13H23NO. The van der Waals surface area contributed by atoms with E-state index in [4.69, 9.17) is 4.74 Å². The molecule has 0 amide bonds. The first-order valence-corrected chi connectivity index (χ1v) is 6.02. The molecule has 1 aliphatic heterocycles. The summed E-state index contributed by atoms with van der Waals surface area (Å²) in [7, 11) is 0. The van der Waals surface area contributed by atoms with E-state index >= 15 is 0 Å². The molecule has 0 aromatic carbocycles. The van der Waals surface area contributed by atoms with Crippen LogP contribution in [0.4, 0.5) is 0 Å². The highest BCUT2D eigenvalue weighted by atomic mass is 16.5. The predicted molar refractivity (Wildman–Crippen MR) is 62.8 cm³/mol. The molecule has 3 unspecified atom stereocenters. The van der Waals surface area contributed by atoms with Crippen LogP contribution in [0.25, 0.3) is 0 Å². The van der Waals surface area contributed by atoms with Crippen LogP contribution < -0.4 is 5.32 Å².